The van der Waals surface area contributed by atoms with Crippen molar-refractivity contribution in [3.8, 4) is 11.3 Å². The Balaban J connectivity index is 0.00000280. The average Bonchev–Trinajstić information content (AvgIpc) is 3.12. The molecule has 0 spiro atoms. The molecule has 0 radical (unpaired) electrons. The fourth-order valence-electron chi connectivity index (χ4n) is 3.03. The van der Waals surface area contributed by atoms with Crippen molar-refractivity contribution in [2.45, 2.75) is 12.2 Å². The van der Waals surface area contributed by atoms with E-state index >= 15 is 0 Å². The van der Waals surface area contributed by atoms with Crippen LogP contribution >= 0.6 is 12.4 Å². The number of nitrogens with one attached hydrogen (secondary N) is 3. The summed E-state index contributed by atoms with van der Waals surface area (Å²) in [5, 5.41) is 11.8. The molecule has 2 heterocycles. The van der Waals surface area contributed by atoms with Gasteiger partial charge >= 0.3 is 6.18 Å². The molecule has 1 aromatic carbocycles. The molecule has 0 bridgehead atoms. The summed E-state index contributed by atoms with van der Waals surface area (Å²) in [5.41, 5.74) is 0.926. The lowest BCUT2D eigenvalue weighted by molar-refractivity contribution is -0.183. The van der Waals surface area contributed by atoms with Crippen LogP contribution in [0.4, 0.5) is 17.6 Å². The number of rotatable bonds is 5. The fraction of sp³-hybridized carbons (Fsp3) is 0.412. The number of amides is 1. The maximum Gasteiger partial charge on any atom is 0.405 e. The molecule has 1 saturated heterocycles. The molecule has 1 amide bonds. The summed E-state index contributed by atoms with van der Waals surface area (Å²) < 4.78 is 53.3. The number of hydrogen-bond donors (Lipinski definition) is 3. The Hall–Kier alpha value is -2.17. The minimum atomic E-state index is -4.46. The summed E-state index contributed by atoms with van der Waals surface area (Å²) in [6, 6.07) is 3.60. The third-order valence-corrected chi connectivity index (χ3v) is 4.44. The molecule has 0 saturated carbocycles. The van der Waals surface area contributed by atoms with E-state index < -0.39 is 30.5 Å². The molecule has 1 unspecified atom stereocenters. The van der Waals surface area contributed by atoms with Crippen LogP contribution in [0.5, 0.6) is 0 Å². The lowest BCUT2D eigenvalue weighted by atomic mass is 10.1. The molecule has 3 rings (SSSR count). The van der Waals surface area contributed by atoms with Crippen molar-refractivity contribution >= 4 is 18.3 Å². The number of piperazine rings is 1. The number of aromatic nitrogens is 2. The number of alkyl halides is 3. The molecular weight excluding hydrogens is 402 g/mol. The van der Waals surface area contributed by atoms with E-state index in [-0.39, 0.29) is 31.1 Å². The Morgan fingerprint density at radius 2 is 1.86 bits per heavy atom. The summed E-state index contributed by atoms with van der Waals surface area (Å²) in [5.74, 6) is -1.11. The quantitative estimate of drug-likeness (QED) is 0.647. The zero-order chi connectivity index (χ0) is 19.4. The van der Waals surface area contributed by atoms with Crippen molar-refractivity contribution in [1.82, 2.24) is 25.7 Å². The van der Waals surface area contributed by atoms with Gasteiger partial charge in [-0.3, -0.25) is 14.8 Å². The molecule has 0 aliphatic carbocycles. The van der Waals surface area contributed by atoms with Gasteiger partial charge < -0.3 is 10.6 Å². The molecule has 6 nitrogen and oxygen atoms in total. The van der Waals surface area contributed by atoms with E-state index in [2.05, 4.69) is 20.8 Å². The van der Waals surface area contributed by atoms with Crippen LogP contribution in [0.1, 0.15) is 10.4 Å². The molecule has 1 aromatic heterocycles. The Bertz CT molecular complexity index is 775. The van der Waals surface area contributed by atoms with Gasteiger partial charge in [-0.15, -0.1) is 12.4 Å². The predicted octanol–water partition coefficient (Wildman–Crippen LogP) is 2.20. The number of benzene rings is 1. The largest absolute Gasteiger partial charge is 0.405 e. The summed E-state index contributed by atoms with van der Waals surface area (Å²) in [6.07, 6.45) is -3.22. The van der Waals surface area contributed by atoms with Crippen LogP contribution in [-0.2, 0) is 0 Å². The third-order valence-electron chi connectivity index (χ3n) is 4.44. The van der Waals surface area contributed by atoms with Crippen LogP contribution in [0.25, 0.3) is 11.3 Å². The lowest BCUT2D eigenvalue weighted by Crippen LogP contribution is -2.57. The molecule has 3 N–H and O–H groups in total. The van der Waals surface area contributed by atoms with Gasteiger partial charge in [-0.05, 0) is 24.3 Å². The van der Waals surface area contributed by atoms with E-state index in [1.165, 1.54) is 35.4 Å². The van der Waals surface area contributed by atoms with Crippen molar-refractivity contribution in [3.05, 3.63) is 41.8 Å². The molecular formula is C17H20ClF4N5O. The average molecular weight is 422 g/mol. The maximum absolute atomic E-state index is 13.4. The number of H-pyrrole nitrogens is 1. The molecule has 154 valence electrons. The van der Waals surface area contributed by atoms with Crippen LogP contribution in [0.3, 0.4) is 0 Å². The van der Waals surface area contributed by atoms with Crippen molar-refractivity contribution < 1.29 is 22.4 Å². The summed E-state index contributed by atoms with van der Waals surface area (Å²) in [4.78, 5) is 13.8. The number of carbonyl (C=O) groups excluding carboxylic acids is 1. The zero-order valence-electron chi connectivity index (χ0n) is 14.7. The third kappa shape index (κ3) is 5.21. The first-order chi connectivity index (χ1) is 12.9. The SMILES string of the molecule is Cl.O=C(NCC(N1CCNCC1)C(F)(F)F)c1cn[nH]c1-c1ccc(F)cc1. The van der Waals surface area contributed by atoms with Gasteiger partial charge in [-0.25, -0.2) is 4.39 Å². The normalized spacial score (nSPS) is 16.3. The van der Waals surface area contributed by atoms with Gasteiger partial charge in [0.1, 0.15) is 11.9 Å². The smallest absolute Gasteiger partial charge is 0.350 e. The predicted molar refractivity (Wildman–Crippen MR) is 97.8 cm³/mol. The highest BCUT2D eigenvalue weighted by Gasteiger charge is 2.43. The highest BCUT2D eigenvalue weighted by molar-refractivity contribution is 5.99. The molecule has 1 aliphatic rings. The molecule has 28 heavy (non-hydrogen) atoms. The second-order valence-corrected chi connectivity index (χ2v) is 6.22. The van der Waals surface area contributed by atoms with E-state index in [4.69, 9.17) is 0 Å². The summed E-state index contributed by atoms with van der Waals surface area (Å²) >= 11 is 0. The summed E-state index contributed by atoms with van der Waals surface area (Å²) in [6.45, 7) is 0.892. The number of nitrogens with zero attached hydrogens (tertiary/aromatic N) is 2. The van der Waals surface area contributed by atoms with Gasteiger partial charge in [-0.1, -0.05) is 0 Å². The first kappa shape index (κ1) is 22.1. The van der Waals surface area contributed by atoms with Crippen molar-refractivity contribution in [2.24, 2.45) is 0 Å². The van der Waals surface area contributed by atoms with Crippen LogP contribution in [0, 0.1) is 5.82 Å². The van der Waals surface area contributed by atoms with E-state index in [1.54, 1.807) is 0 Å². The minimum Gasteiger partial charge on any atom is -0.350 e. The highest BCUT2D eigenvalue weighted by Crippen LogP contribution is 2.25. The van der Waals surface area contributed by atoms with E-state index in [1.807, 2.05) is 0 Å². The van der Waals surface area contributed by atoms with Gasteiger partial charge in [0, 0.05) is 38.3 Å². The van der Waals surface area contributed by atoms with Gasteiger partial charge in [0.2, 0.25) is 0 Å². The Kier molecular flexibility index (Phi) is 7.39. The lowest BCUT2D eigenvalue weighted by Gasteiger charge is -2.35. The number of halogens is 5. The topological polar surface area (TPSA) is 73.1 Å². The first-order valence-electron chi connectivity index (χ1n) is 8.45. The van der Waals surface area contributed by atoms with Crippen molar-refractivity contribution in [2.75, 3.05) is 32.7 Å². The first-order valence-corrected chi connectivity index (χ1v) is 8.45. The minimum absolute atomic E-state index is 0. The molecule has 2 aromatic rings. The second-order valence-electron chi connectivity index (χ2n) is 6.22. The number of aromatic amines is 1. The van der Waals surface area contributed by atoms with E-state index in [0.29, 0.717) is 24.3 Å². The standard InChI is InChI=1S/C17H19F4N5O.ClH/c18-12-3-1-11(2-4-12)15-13(9-24-25-15)16(27)23-10-14(17(19,20)21)26-7-5-22-6-8-26;/h1-4,9,14,22H,5-8,10H2,(H,23,27)(H,24,25);1H. The number of carbonyl (C=O) groups is 1. The maximum atomic E-state index is 13.4. The van der Waals surface area contributed by atoms with Gasteiger partial charge in [0.25, 0.3) is 5.91 Å². The zero-order valence-corrected chi connectivity index (χ0v) is 15.5. The number of hydrogen-bond acceptors (Lipinski definition) is 4. The fourth-order valence-corrected chi connectivity index (χ4v) is 3.03. The van der Waals surface area contributed by atoms with Gasteiger partial charge in [0.05, 0.1) is 17.5 Å². The van der Waals surface area contributed by atoms with Crippen LogP contribution in [-0.4, -0.2) is 65.9 Å². The Morgan fingerprint density at radius 1 is 1.21 bits per heavy atom. The van der Waals surface area contributed by atoms with Crippen LogP contribution in [0.15, 0.2) is 30.5 Å². The monoisotopic (exact) mass is 421 g/mol. The van der Waals surface area contributed by atoms with E-state index in [0.717, 1.165) is 0 Å². The Labute approximate surface area is 165 Å². The van der Waals surface area contributed by atoms with Crippen molar-refractivity contribution in [3.63, 3.8) is 0 Å². The van der Waals surface area contributed by atoms with Gasteiger partial charge in [0.15, 0.2) is 0 Å². The van der Waals surface area contributed by atoms with Crippen LogP contribution < -0.4 is 10.6 Å². The molecule has 11 heteroatoms. The second kappa shape index (κ2) is 9.35. The molecule has 1 fully saturated rings. The summed E-state index contributed by atoms with van der Waals surface area (Å²) in [7, 11) is 0. The Morgan fingerprint density at radius 3 is 2.46 bits per heavy atom. The van der Waals surface area contributed by atoms with E-state index in [9.17, 15) is 22.4 Å². The van der Waals surface area contributed by atoms with Crippen LogP contribution in [0.2, 0.25) is 0 Å². The molecule has 1 atom stereocenters. The highest BCUT2D eigenvalue weighted by atomic mass is 35.5. The molecule has 1 aliphatic heterocycles. The van der Waals surface area contributed by atoms with Crippen molar-refractivity contribution in [1.29, 1.82) is 0 Å². The van der Waals surface area contributed by atoms with Gasteiger partial charge in [-0.2, -0.15) is 18.3 Å².